The molecule has 0 bridgehead atoms. The van der Waals surface area contributed by atoms with Crippen LogP contribution in [-0.2, 0) is 6.54 Å². The van der Waals surface area contributed by atoms with Crippen LogP contribution in [0.2, 0.25) is 0 Å². The normalized spacial score (nSPS) is 17.5. The number of fused-ring (bicyclic) bond motifs is 1. The summed E-state index contributed by atoms with van der Waals surface area (Å²) in [7, 11) is 2.05. The first-order valence-corrected chi connectivity index (χ1v) is 8.26. The second-order valence-corrected chi connectivity index (χ2v) is 6.23. The number of aromatic nitrogens is 5. The number of likely N-dealkylation sites (tertiary alicyclic amines) is 1. The molecule has 0 aliphatic carbocycles. The van der Waals surface area contributed by atoms with Gasteiger partial charge in [0, 0.05) is 50.0 Å². The van der Waals surface area contributed by atoms with Crippen LogP contribution in [0.3, 0.4) is 0 Å². The van der Waals surface area contributed by atoms with Crippen LogP contribution >= 0.6 is 0 Å². The predicted octanol–water partition coefficient (Wildman–Crippen LogP) is 0.866. The maximum atomic E-state index is 12.7. The van der Waals surface area contributed by atoms with E-state index >= 15 is 0 Å². The standard InChI is InChI=1S/C17H19N7O/c1-22(12-15-18-5-2-6-19-15)13-4-9-23(11-13)17(25)14-10-16-20-7-3-8-24(16)21-14/h2-3,5-8,10,13H,4,9,11-12H2,1H3. The smallest absolute Gasteiger partial charge is 0.274 e. The summed E-state index contributed by atoms with van der Waals surface area (Å²) in [5, 5.41) is 4.32. The van der Waals surface area contributed by atoms with Crippen LogP contribution in [0.15, 0.2) is 43.0 Å². The van der Waals surface area contributed by atoms with Crippen LogP contribution in [0.5, 0.6) is 0 Å². The van der Waals surface area contributed by atoms with Crippen molar-refractivity contribution in [2.45, 2.75) is 19.0 Å². The number of carbonyl (C=O) groups is 1. The number of nitrogens with zero attached hydrogens (tertiary/aromatic N) is 7. The van der Waals surface area contributed by atoms with Crippen molar-refractivity contribution in [3.63, 3.8) is 0 Å². The van der Waals surface area contributed by atoms with E-state index in [2.05, 4.69) is 25.0 Å². The molecular weight excluding hydrogens is 318 g/mol. The van der Waals surface area contributed by atoms with Crippen LogP contribution in [-0.4, -0.2) is 66.5 Å². The summed E-state index contributed by atoms with van der Waals surface area (Å²) < 4.78 is 1.62. The minimum Gasteiger partial charge on any atom is -0.336 e. The topological polar surface area (TPSA) is 79.5 Å². The highest BCUT2D eigenvalue weighted by atomic mass is 16.2. The van der Waals surface area contributed by atoms with Gasteiger partial charge in [0.1, 0.15) is 5.82 Å². The number of rotatable bonds is 4. The molecule has 1 amide bonds. The molecular formula is C17H19N7O. The maximum Gasteiger partial charge on any atom is 0.274 e. The fourth-order valence-electron chi connectivity index (χ4n) is 3.15. The van der Waals surface area contributed by atoms with Gasteiger partial charge in [0.25, 0.3) is 5.91 Å². The lowest BCUT2D eigenvalue weighted by atomic mass is 10.2. The van der Waals surface area contributed by atoms with Gasteiger partial charge in [-0.25, -0.2) is 19.5 Å². The first-order chi connectivity index (χ1) is 12.2. The van der Waals surface area contributed by atoms with Crippen LogP contribution in [0.25, 0.3) is 5.65 Å². The summed E-state index contributed by atoms with van der Waals surface area (Å²) >= 11 is 0. The van der Waals surface area contributed by atoms with Gasteiger partial charge in [-0.2, -0.15) is 5.10 Å². The summed E-state index contributed by atoms with van der Waals surface area (Å²) in [6.07, 6.45) is 7.91. The fraction of sp³-hybridized carbons (Fsp3) is 0.353. The van der Waals surface area contributed by atoms with Gasteiger partial charge in [0.15, 0.2) is 11.3 Å². The van der Waals surface area contributed by atoms with Gasteiger partial charge >= 0.3 is 0 Å². The van der Waals surface area contributed by atoms with E-state index in [0.717, 1.165) is 18.8 Å². The van der Waals surface area contributed by atoms with Crippen molar-refractivity contribution >= 4 is 11.6 Å². The summed E-state index contributed by atoms with van der Waals surface area (Å²) in [6.45, 7) is 2.08. The monoisotopic (exact) mass is 337 g/mol. The summed E-state index contributed by atoms with van der Waals surface area (Å²) in [5.41, 5.74) is 1.12. The number of likely N-dealkylation sites (N-methyl/N-ethyl adjacent to an activating group) is 1. The quantitative estimate of drug-likeness (QED) is 0.703. The molecule has 0 radical (unpaired) electrons. The first-order valence-electron chi connectivity index (χ1n) is 8.26. The third-order valence-corrected chi connectivity index (χ3v) is 4.54. The van der Waals surface area contributed by atoms with E-state index in [9.17, 15) is 4.79 Å². The lowest BCUT2D eigenvalue weighted by Crippen LogP contribution is -2.36. The van der Waals surface area contributed by atoms with Gasteiger partial charge in [-0.15, -0.1) is 0 Å². The van der Waals surface area contributed by atoms with Crippen molar-refractivity contribution in [3.8, 4) is 0 Å². The third kappa shape index (κ3) is 3.20. The Kier molecular flexibility index (Phi) is 4.10. The molecule has 0 saturated carbocycles. The van der Waals surface area contributed by atoms with E-state index in [-0.39, 0.29) is 5.91 Å². The molecule has 8 heteroatoms. The lowest BCUT2D eigenvalue weighted by Gasteiger charge is -2.23. The SMILES string of the molecule is CN(Cc1ncccn1)C1CCN(C(=O)c2cc3ncccn3n2)C1. The van der Waals surface area contributed by atoms with E-state index in [1.54, 1.807) is 41.4 Å². The van der Waals surface area contributed by atoms with Crippen molar-refractivity contribution < 1.29 is 4.79 Å². The molecule has 128 valence electrons. The zero-order chi connectivity index (χ0) is 17.2. The molecule has 4 rings (SSSR count). The van der Waals surface area contributed by atoms with E-state index in [1.165, 1.54) is 0 Å². The Morgan fingerprint density at radius 3 is 2.84 bits per heavy atom. The molecule has 8 nitrogen and oxygen atoms in total. The zero-order valence-corrected chi connectivity index (χ0v) is 14.0. The second kappa shape index (κ2) is 6.56. The molecule has 4 heterocycles. The molecule has 25 heavy (non-hydrogen) atoms. The Hall–Kier alpha value is -2.87. The molecule has 3 aromatic rings. The van der Waals surface area contributed by atoms with Gasteiger partial charge < -0.3 is 4.90 Å². The van der Waals surface area contributed by atoms with Gasteiger partial charge in [-0.3, -0.25) is 9.69 Å². The molecule has 1 saturated heterocycles. The molecule has 0 spiro atoms. The highest BCUT2D eigenvalue weighted by molar-refractivity contribution is 5.93. The third-order valence-electron chi connectivity index (χ3n) is 4.54. The van der Waals surface area contributed by atoms with Gasteiger partial charge in [-0.05, 0) is 25.6 Å². The molecule has 0 aromatic carbocycles. The highest BCUT2D eigenvalue weighted by Crippen LogP contribution is 2.18. The van der Waals surface area contributed by atoms with E-state index < -0.39 is 0 Å². The Balaban J connectivity index is 1.42. The number of hydrogen-bond donors (Lipinski definition) is 0. The largest absolute Gasteiger partial charge is 0.336 e. The van der Waals surface area contributed by atoms with Crippen molar-refractivity contribution in [2.24, 2.45) is 0 Å². The van der Waals surface area contributed by atoms with Crippen LogP contribution in [0.1, 0.15) is 22.7 Å². The fourth-order valence-corrected chi connectivity index (χ4v) is 3.15. The Morgan fingerprint density at radius 1 is 1.24 bits per heavy atom. The molecule has 1 unspecified atom stereocenters. The van der Waals surface area contributed by atoms with Crippen LogP contribution in [0, 0.1) is 0 Å². The molecule has 1 atom stereocenters. The number of hydrogen-bond acceptors (Lipinski definition) is 6. The summed E-state index contributed by atoms with van der Waals surface area (Å²) in [5.74, 6) is 0.749. The number of amides is 1. The van der Waals surface area contributed by atoms with Gasteiger partial charge in [0.05, 0.1) is 6.54 Å². The lowest BCUT2D eigenvalue weighted by molar-refractivity contribution is 0.0773. The zero-order valence-electron chi connectivity index (χ0n) is 14.0. The first kappa shape index (κ1) is 15.6. The Morgan fingerprint density at radius 2 is 2.04 bits per heavy atom. The van der Waals surface area contributed by atoms with E-state index in [4.69, 9.17) is 0 Å². The Labute approximate surface area is 145 Å². The Bertz CT molecular complexity index is 846. The minimum absolute atomic E-state index is 0.0441. The van der Waals surface area contributed by atoms with Crippen molar-refractivity contribution in [2.75, 3.05) is 20.1 Å². The van der Waals surface area contributed by atoms with Crippen molar-refractivity contribution in [1.29, 1.82) is 0 Å². The average molecular weight is 337 g/mol. The highest BCUT2D eigenvalue weighted by Gasteiger charge is 2.30. The molecule has 1 fully saturated rings. The average Bonchev–Trinajstić information content (AvgIpc) is 3.29. The predicted molar refractivity (Wildman–Crippen MR) is 90.8 cm³/mol. The maximum absolute atomic E-state index is 12.7. The van der Waals surface area contributed by atoms with Crippen molar-refractivity contribution in [1.82, 2.24) is 34.4 Å². The summed E-state index contributed by atoms with van der Waals surface area (Å²) in [6, 6.07) is 5.63. The van der Waals surface area contributed by atoms with Crippen LogP contribution < -0.4 is 0 Å². The van der Waals surface area contributed by atoms with E-state index in [0.29, 0.717) is 30.5 Å². The van der Waals surface area contributed by atoms with Gasteiger partial charge in [-0.1, -0.05) is 0 Å². The summed E-state index contributed by atoms with van der Waals surface area (Å²) in [4.78, 5) is 29.5. The molecule has 1 aliphatic heterocycles. The van der Waals surface area contributed by atoms with Gasteiger partial charge in [0.2, 0.25) is 0 Å². The second-order valence-electron chi connectivity index (χ2n) is 6.23. The number of carbonyl (C=O) groups excluding carboxylic acids is 1. The van der Waals surface area contributed by atoms with E-state index in [1.807, 2.05) is 18.0 Å². The minimum atomic E-state index is -0.0441. The van der Waals surface area contributed by atoms with Crippen LogP contribution in [0.4, 0.5) is 0 Å². The van der Waals surface area contributed by atoms with Crippen molar-refractivity contribution in [3.05, 3.63) is 54.5 Å². The molecule has 1 aliphatic rings. The molecule has 0 N–H and O–H groups in total. The molecule has 3 aromatic heterocycles.